The molecule has 0 aliphatic carbocycles. The number of benzene rings is 3. The van der Waals surface area contributed by atoms with Crippen LogP contribution in [0.5, 0.6) is 17.2 Å². The summed E-state index contributed by atoms with van der Waals surface area (Å²) < 4.78 is 17.2. The molecule has 0 fully saturated rings. The molecule has 4 rings (SSSR count). The third-order valence-corrected chi connectivity index (χ3v) is 7.35. The number of methoxy groups -OCH3 is 1. The molecule has 1 aliphatic rings. The molecule has 1 amide bonds. The number of esters is 1. The van der Waals surface area contributed by atoms with Gasteiger partial charge in [0.2, 0.25) is 0 Å². The van der Waals surface area contributed by atoms with Gasteiger partial charge < -0.3 is 24.0 Å². The van der Waals surface area contributed by atoms with E-state index >= 15 is 0 Å². The van der Waals surface area contributed by atoms with Crippen molar-refractivity contribution in [2.45, 2.75) is 30.1 Å². The number of hydrogen-bond acceptors (Lipinski definition) is 7. The molecule has 3 aromatic carbocycles. The molecule has 8 heteroatoms. The Morgan fingerprint density at radius 1 is 1.00 bits per heavy atom. The number of aryl methyl sites for hydroxylation is 1. The number of rotatable bonds is 8. The predicted molar refractivity (Wildman–Crippen MR) is 146 cm³/mol. The van der Waals surface area contributed by atoms with Crippen molar-refractivity contribution < 1.29 is 23.8 Å². The average molecular weight is 521 g/mol. The van der Waals surface area contributed by atoms with Crippen molar-refractivity contribution in [3.8, 4) is 17.2 Å². The maximum atomic E-state index is 13.9. The molecule has 0 spiro atoms. The minimum atomic E-state index is -0.994. The Labute approximate surface area is 222 Å². The van der Waals surface area contributed by atoms with Crippen LogP contribution in [0, 0.1) is 6.92 Å². The van der Waals surface area contributed by atoms with Gasteiger partial charge in [-0.05, 0) is 74.6 Å². The van der Waals surface area contributed by atoms with Gasteiger partial charge in [-0.2, -0.15) is 0 Å². The van der Waals surface area contributed by atoms with E-state index in [-0.39, 0.29) is 5.91 Å². The van der Waals surface area contributed by atoms with Crippen LogP contribution in [-0.2, 0) is 14.3 Å². The number of likely N-dealkylation sites (N-methyl/N-ethyl adjacent to an activating group) is 1. The first kappa shape index (κ1) is 26.6. The zero-order chi connectivity index (χ0) is 26.5. The standard InChI is InChI=1S/C29H32N2O5S/c1-19-7-6-8-23(17-19)36-24-13-14-25-26(18-24)37-28(21-9-11-22(34-5)12-10-21)27(35-20(2)32)29(33)31(25)16-15-30(3)4/h6-14,17-18,27-28H,15-16H2,1-5H3. The van der Waals surface area contributed by atoms with Crippen LogP contribution in [0.2, 0.25) is 0 Å². The fourth-order valence-corrected chi connectivity index (χ4v) is 5.49. The second-order valence-corrected chi connectivity index (χ2v) is 10.4. The molecule has 0 saturated carbocycles. The lowest BCUT2D eigenvalue weighted by atomic mass is 10.1. The van der Waals surface area contributed by atoms with E-state index in [1.54, 1.807) is 12.0 Å². The molecule has 2 unspecified atom stereocenters. The van der Waals surface area contributed by atoms with Crippen molar-refractivity contribution in [1.82, 2.24) is 4.90 Å². The number of amides is 1. The van der Waals surface area contributed by atoms with Gasteiger partial charge >= 0.3 is 5.97 Å². The number of fused-ring (bicyclic) bond motifs is 1. The molecule has 7 nitrogen and oxygen atoms in total. The highest BCUT2D eigenvalue weighted by atomic mass is 32.2. The van der Waals surface area contributed by atoms with E-state index in [1.807, 2.05) is 92.6 Å². The summed E-state index contributed by atoms with van der Waals surface area (Å²) >= 11 is 1.49. The van der Waals surface area contributed by atoms with Gasteiger partial charge in [-0.15, -0.1) is 11.8 Å². The second kappa shape index (κ2) is 11.7. The number of thioether (sulfide) groups is 1. The summed E-state index contributed by atoms with van der Waals surface area (Å²) in [7, 11) is 5.52. The van der Waals surface area contributed by atoms with Gasteiger partial charge in [0.15, 0.2) is 6.10 Å². The lowest BCUT2D eigenvalue weighted by Crippen LogP contribution is -2.45. The maximum absolute atomic E-state index is 13.9. The van der Waals surface area contributed by atoms with E-state index in [1.165, 1.54) is 18.7 Å². The molecule has 0 saturated heterocycles. The first-order valence-corrected chi connectivity index (χ1v) is 13.0. The SMILES string of the molecule is COc1ccc(C2Sc3cc(Oc4cccc(C)c4)ccc3N(CCN(C)C)C(=O)C2OC(C)=O)cc1. The summed E-state index contributed by atoms with van der Waals surface area (Å²) in [5.74, 6) is 1.36. The Bertz CT molecular complexity index is 1260. The fourth-order valence-electron chi connectivity index (χ4n) is 4.15. The molecule has 3 aromatic rings. The molecule has 0 aromatic heterocycles. The summed E-state index contributed by atoms with van der Waals surface area (Å²) in [6.07, 6.45) is -0.994. The Balaban J connectivity index is 1.78. The monoisotopic (exact) mass is 520 g/mol. The average Bonchev–Trinajstić information content (AvgIpc) is 2.97. The minimum absolute atomic E-state index is 0.253. The van der Waals surface area contributed by atoms with Crippen LogP contribution in [-0.4, -0.2) is 57.2 Å². The van der Waals surface area contributed by atoms with Crippen molar-refractivity contribution in [2.75, 3.05) is 39.2 Å². The topological polar surface area (TPSA) is 68.3 Å². The van der Waals surface area contributed by atoms with E-state index in [9.17, 15) is 9.59 Å². The highest BCUT2D eigenvalue weighted by Crippen LogP contribution is 2.48. The Hall–Kier alpha value is -3.49. The van der Waals surface area contributed by atoms with Crippen molar-refractivity contribution >= 4 is 29.3 Å². The number of carbonyl (C=O) groups excluding carboxylic acids is 2. The van der Waals surface area contributed by atoms with Crippen LogP contribution in [0.15, 0.2) is 71.6 Å². The first-order chi connectivity index (χ1) is 17.7. The van der Waals surface area contributed by atoms with Crippen LogP contribution in [0.3, 0.4) is 0 Å². The van der Waals surface area contributed by atoms with Crippen LogP contribution < -0.4 is 14.4 Å². The third-order valence-electron chi connectivity index (χ3n) is 5.99. The molecule has 0 radical (unpaired) electrons. The van der Waals surface area contributed by atoms with Crippen molar-refractivity contribution in [1.29, 1.82) is 0 Å². The second-order valence-electron chi connectivity index (χ2n) is 9.18. The summed E-state index contributed by atoms with van der Waals surface area (Å²) in [5.41, 5.74) is 2.73. The van der Waals surface area contributed by atoms with Crippen LogP contribution in [0.25, 0.3) is 0 Å². The highest BCUT2D eigenvalue weighted by molar-refractivity contribution is 7.99. The van der Waals surface area contributed by atoms with E-state index in [0.717, 1.165) is 27.5 Å². The van der Waals surface area contributed by atoms with E-state index in [0.29, 0.717) is 24.6 Å². The minimum Gasteiger partial charge on any atom is -0.497 e. The summed E-state index contributed by atoms with van der Waals surface area (Å²) in [6.45, 7) is 4.45. The van der Waals surface area contributed by atoms with Gasteiger partial charge in [0.1, 0.15) is 17.2 Å². The normalized spacial score (nSPS) is 17.2. The van der Waals surface area contributed by atoms with Crippen LogP contribution >= 0.6 is 11.8 Å². The smallest absolute Gasteiger partial charge is 0.303 e. The Kier molecular flexibility index (Phi) is 8.41. The number of anilines is 1. The number of carbonyl (C=O) groups is 2. The summed E-state index contributed by atoms with van der Waals surface area (Å²) in [6, 6.07) is 21.1. The van der Waals surface area contributed by atoms with Crippen LogP contribution in [0.1, 0.15) is 23.3 Å². The lowest BCUT2D eigenvalue weighted by molar-refractivity contribution is -0.152. The zero-order valence-electron chi connectivity index (χ0n) is 21.8. The predicted octanol–water partition coefficient (Wildman–Crippen LogP) is 5.47. The summed E-state index contributed by atoms with van der Waals surface area (Å²) in [5, 5.41) is -0.459. The Morgan fingerprint density at radius 2 is 1.70 bits per heavy atom. The van der Waals surface area contributed by atoms with E-state index < -0.39 is 17.3 Å². The van der Waals surface area contributed by atoms with Crippen LogP contribution in [0.4, 0.5) is 5.69 Å². The number of nitrogens with zero attached hydrogens (tertiary/aromatic N) is 2. The van der Waals surface area contributed by atoms with E-state index in [4.69, 9.17) is 14.2 Å². The molecule has 1 aliphatic heterocycles. The van der Waals surface area contributed by atoms with Crippen molar-refractivity contribution in [2.24, 2.45) is 0 Å². The molecule has 0 N–H and O–H groups in total. The van der Waals surface area contributed by atoms with Gasteiger partial charge in [-0.25, -0.2) is 0 Å². The molecular formula is C29H32N2O5S. The number of hydrogen-bond donors (Lipinski definition) is 0. The molecule has 194 valence electrons. The zero-order valence-corrected chi connectivity index (χ0v) is 22.6. The maximum Gasteiger partial charge on any atom is 0.303 e. The first-order valence-electron chi connectivity index (χ1n) is 12.1. The number of ether oxygens (including phenoxy) is 3. The molecule has 37 heavy (non-hydrogen) atoms. The third kappa shape index (κ3) is 6.45. The lowest BCUT2D eigenvalue weighted by Gasteiger charge is -2.28. The van der Waals surface area contributed by atoms with Gasteiger partial charge in [0, 0.05) is 24.9 Å². The van der Waals surface area contributed by atoms with Crippen molar-refractivity contribution in [3.05, 3.63) is 77.9 Å². The van der Waals surface area contributed by atoms with Gasteiger partial charge in [0.05, 0.1) is 18.0 Å². The molecule has 0 bridgehead atoms. The summed E-state index contributed by atoms with van der Waals surface area (Å²) in [4.78, 5) is 30.7. The molecule has 1 heterocycles. The molecule has 2 atom stereocenters. The molecular weight excluding hydrogens is 488 g/mol. The highest BCUT2D eigenvalue weighted by Gasteiger charge is 2.41. The quantitative estimate of drug-likeness (QED) is 0.365. The Morgan fingerprint density at radius 3 is 2.35 bits per heavy atom. The van der Waals surface area contributed by atoms with E-state index in [2.05, 4.69) is 0 Å². The fraction of sp³-hybridized carbons (Fsp3) is 0.310. The van der Waals surface area contributed by atoms with Gasteiger partial charge in [-0.1, -0.05) is 24.3 Å². The van der Waals surface area contributed by atoms with Gasteiger partial charge in [-0.3, -0.25) is 9.59 Å². The van der Waals surface area contributed by atoms with Crippen molar-refractivity contribution in [3.63, 3.8) is 0 Å². The largest absolute Gasteiger partial charge is 0.497 e. The van der Waals surface area contributed by atoms with Gasteiger partial charge in [0.25, 0.3) is 5.91 Å².